The van der Waals surface area contributed by atoms with Crippen LogP contribution in [0.2, 0.25) is 0 Å². The fourth-order valence-corrected chi connectivity index (χ4v) is 4.65. The van der Waals surface area contributed by atoms with Crippen molar-refractivity contribution in [2.75, 3.05) is 4.90 Å². The molecular formula is C25H22F6N2O2. The standard InChI is InChI=1S/C25H22F6N2O2/c1-4-16-11-14(2)5-7-19(16)21(22-32-9-10-35-22)33-15(3)12-17-13-18(6-8-20(17)33)23(34,24(26,27)28)25(29,30)31/h4-11,13,15,21,34H,1,12H2,2-3H3. The maximum Gasteiger partial charge on any atom is 0.430 e. The van der Waals surface area contributed by atoms with Gasteiger partial charge in [-0.3, -0.25) is 0 Å². The number of rotatable bonds is 5. The molecule has 1 aliphatic heterocycles. The highest BCUT2D eigenvalue weighted by Gasteiger charge is 2.71. The molecule has 0 bridgehead atoms. The highest BCUT2D eigenvalue weighted by molar-refractivity contribution is 5.65. The van der Waals surface area contributed by atoms with Crippen LogP contribution < -0.4 is 4.90 Å². The maximum absolute atomic E-state index is 13.4. The zero-order valence-corrected chi connectivity index (χ0v) is 18.8. The van der Waals surface area contributed by atoms with Crippen LogP contribution in [0.5, 0.6) is 0 Å². The van der Waals surface area contributed by atoms with E-state index in [0.29, 0.717) is 17.6 Å². The molecule has 0 aliphatic carbocycles. The summed E-state index contributed by atoms with van der Waals surface area (Å²) in [6.07, 6.45) is -7.24. The second-order valence-corrected chi connectivity index (χ2v) is 8.62. The van der Waals surface area contributed by atoms with Crippen LogP contribution in [0, 0.1) is 6.92 Å². The minimum atomic E-state index is -5.95. The number of aromatic nitrogens is 1. The molecular weight excluding hydrogens is 474 g/mol. The Morgan fingerprint density at radius 2 is 1.80 bits per heavy atom. The Morgan fingerprint density at radius 1 is 1.11 bits per heavy atom. The van der Waals surface area contributed by atoms with Gasteiger partial charge in [-0.2, -0.15) is 26.3 Å². The van der Waals surface area contributed by atoms with Crippen molar-refractivity contribution in [2.45, 2.75) is 50.3 Å². The minimum absolute atomic E-state index is 0.154. The van der Waals surface area contributed by atoms with E-state index in [2.05, 4.69) is 11.6 Å². The van der Waals surface area contributed by atoms with Gasteiger partial charge in [-0.1, -0.05) is 48.6 Å². The first-order valence-corrected chi connectivity index (χ1v) is 10.7. The summed E-state index contributed by atoms with van der Waals surface area (Å²) < 4.78 is 86.2. The summed E-state index contributed by atoms with van der Waals surface area (Å²) >= 11 is 0. The van der Waals surface area contributed by atoms with E-state index in [9.17, 15) is 31.4 Å². The van der Waals surface area contributed by atoms with Gasteiger partial charge in [0, 0.05) is 17.3 Å². The largest absolute Gasteiger partial charge is 0.446 e. The number of alkyl halides is 6. The number of oxazole rings is 1. The lowest BCUT2D eigenvalue weighted by Crippen LogP contribution is -2.53. The smallest absolute Gasteiger partial charge is 0.430 e. The molecule has 0 saturated carbocycles. The number of aliphatic hydroxyl groups is 1. The maximum atomic E-state index is 13.4. The van der Waals surface area contributed by atoms with Crippen molar-refractivity contribution < 1.29 is 35.9 Å². The Kier molecular flexibility index (Phi) is 5.99. The van der Waals surface area contributed by atoms with Crippen molar-refractivity contribution in [3.8, 4) is 0 Å². The minimum Gasteiger partial charge on any atom is -0.446 e. The lowest BCUT2D eigenvalue weighted by atomic mass is 9.90. The van der Waals surface area contributed by atoms with E-state index >= 15 is 0 Å². The first kappa shape index (κ1) is 24.8. The van der Waals surface area contributed by atoms with Crippen LogP contribution in [-0.4, -0.2) is 28.5 Å². The van der Waals surface area contributed by atoms with E-state index in [1.54, 1.807) is 13.0 Å². The molecule has 1 aliphatic rings. The summed E-state index contributed by atoms with van der Waals surface area (Å²) in [6, 6.07) is 7.34. The molecule has 0 saturated heterocycles. The van der Waals surface area contributed by atoms with Gasteiger partial charge in [-0.05, 0) is 43.0 Å². The van der Waals surface area contributed by atoms with Crippen molar-refractivity contribution in [3.63, 3.8) is 0 Å². The van der Waals surface area contributed by atoms with Crippen LogP contribution in [0.15, 0.2) is 59.9 Å². The zero-order valence-electron chi connectivity index (χ0n) is 18.8. The normalized spacial score (nSPS) is 17.4. The summed E-state index contributed by atoms with van der Waals surface area (Å²) in [6.45, 7) is 7.57. The van der Waals surface area contributed by atoms with E-state index in [4.69, 9.17) is 4.42 Å². The number of hydrogen-bond donors (Lipinski definition) is 1. The monoisotopic (exact) mass is 496 g/mol. The lowest BCUT2D eigenvalue weighted by Gasteiger charge is -2.34. The summed E-state index contributed by atoms with van der Waals surface area (Å²) in [5.41, 5.74) is -3.07. The summed E-state index contributed by atoms with van der Waals surface area (Å²) in [7, 11) is 0. The van der Waals surface area contributed by atoms with Crippen LogP contribution in [0.4, 0.5) is 32.0 Å². The van der Waals surface area contributed by atoms with Crippen LogP contribution in [0.25, 0.3) is 6.08 Å². The van der Waals surface area contributed by atoms with E-state index in [1.165, 1.54) is 18.5 Å². The van der Waals surface area contributed by atoms with E-state index < -0.39 is 29.6 Å². The predicted octanol–water partition coefficient (Wildman–Crippen LogP) is 6.48. The molecule has 0 amide bonds. The first-order valence-electron chi connectivity index (χ1n) is 10.7. The molecule has 0 fully saturated rings. The Bertz CT molecular complexity index is 1220. The average molecular weight is 496 g/mol. The molecule has 186 valence electrons. The predicted molar refractivity (Wildman–Crippen MR) is 118 cm³/mol. The van der Waals surface area contributed by atoms with E-state index in [-0.39, 0.29) is 18.0 Å². The molecule has 3 aromatic rings. The van der Waals surface area contributed by atoms with Crippen molar-refractivity contribution in [1.29, 1.82) is 0 Å². The van der Waals surface area contributed by atoms with Gasteiger partial charge in [0.1, 0.15) is 12.3 Å². The number of nitrogens with zero attached hydrogens (tertiary/aromatic N) is 2. The van der Waals surface area contributed by atoms with Gasteiger partial charge in [-0.15, -0.1) is 0 Å². The number of benzene rings is 2. The molecule has 1 N–H and O–H groups in total. The number of anilines is 1. The molecule has 2 aromatic carbocycles. The Labute approximate surface area is 197 Å². The molecule has 10 heteroatoms. The van der Waals surface area contributed by atoms with Crippen LogP contribution in [0.3, 0.4) is 0 Å². The van der Waals surface area contributed by atoms with Gasteiger partial charge in [0.25, 0.3) is 5.60 Å². The van der Waals surface area contributed by atoms with Crippen molar-refractivity contribution in [1.82, 2.24) is 4.98 Å². The molecule has 1 aromatic heterocycles. The van der Waals surface area contributed by atoms with Crippen LogP contribution in [0.1, 0.15) is 46.7 Å². The highest BCUT2D eigenvalue weighted by Crippen LogP contribution is 2.52. The molecule has 0 radical (unpaired) electrons. The van der Waals surface area contributed by atoms with Crippen molar-refractivity contribution in [2.24, 2.45) is 0 Å². The Balaban J connectivity index is 1.87. The quantitative estimate of drug-likeness (QED) is 0.411. The molecule has 4 nitrogen and oxygen atoms in total. The van der Waals surface area contributed by atoms with Gasteiger partial charge in [0.2, 0.25) is 5.89 Å². The van der Waals surface area contributed by atoms with Gasteiger partial charge >= 0.3 is 12.4 Å². The van der Waals surface area contributed by atoms with Crippen molar-refractivity contribution in [3.05, 3.63) is 89.1 Å². The third kappa shape index (κ3) is 3.99. The fourth-order valence-electron chi connectivity index (χ4n) is 4.65. The number of hydrogen-bond acceptors (Lipinski definition) is 4. The molecule has 2 atom stereocenters. The Hall–Kier alpha value is -3.27. The number of fused-ring (bicyclic) bond motifs is 1. The van der Waals surface area contributed by atoms with E-state index in [0.717, 1.165) is 22.8 Å². The average Bonchev–Trinajstić information content (AvgIpc) is 3.40. The van der Waals surface area contributed by atoms with Gasteiger partial charge in [0.05, 0.1) is 6.20 Å². The summed E-state index contributed by atoms with van der Waals surface area (Å²) in [5.74, 6) is 0.308. The SMILES string of the molecule is C=Cc1cc(C)ccc1C(c1ncco1)N1c2ccc(C(O)(C(F)(F)F)C(F)(F)F)cc2CC1C. The summed E-state index contributed by atoms with van der Waals surface area (Å²) in [5, 5.41) is 9.85. The molecule has 4 rings (SSSR count). The molecule has 35 heavy (non-hydrogen) atoms. The summed E-state index contributed by atoms with van der Waals surface area (Å²) in [4.78, 5) is 6.13. The third-order valence-corrected chi connectivity index (χ3v) is 6.31. The fraction of sp³-hybridized carbons (Fsp3) is 0.320. The van der Waals surface area contributed by atoms with E-state index in [1.807, 2.05) is 30.0 Å². The topological polar surface area (TPSA) is 49.5 Å². The van der Waals surface area contributed by atoms with Crippen LogP contribution >= 0.6 is 0 Å². The molecule has 2 heterocycles. The number of aryl methyl sites for hydroxylation is 1. The van der Waals surface area contributed by atoms with Gasteiger partial charge in [-0.25, -0.2) is 4.98 Å². The van der Waals surface area contributed by atoms with Gasteiger partial charge in [0.15, 0.2) is 0 Å². The molecule has 2 unspecified atom stereocenters. The second kappa shape index (κ2) is 8.44. The third-order valence-electron chi connectivity index (χ3n) is 6.31. The number of halogens is 6. The second-order valence-electron chi connectivity index (χ2n) is 8.62. The Morgan fingerprint density at radius 3 is 2.37 bits per heavy atom. The highest BCUT2D eigenvalue weighted by atomic mass is 19.4. The lowest BCUT2D eigenvalue weighted by molar-refractivity contribution is -0.376. The zero-order chi connectivity index (χ0) is 25.8. The van der Waals surface area contributed by atoms with Gasteiger partial charge < -0.3 is 14.4 Å². The molecule has 0 spiro atoms. The first-order chi connectivity index (χ1) is 16.3. The van der Waals surface area contributed by atoms with Crippen LogP contribution in [-0.2, 0) is 12.0 Å². The van der Waals surface area contributed by atoms with Crippen molar-refractivity contribution >= 4 is 11.8 Å².